The molecule has 0 spiro atoms. The highest BCUT2D eigenvalue weighted by Gasteiger charge is 2.45. The van der Waals surface area contributed by atoms with Crippen LogP contribution in [0.4, 0.5) is 0 Å². The fraction of sp³-hybridized carbons (Fsp3) is 0.643. The molecule has 1 aliphatic carbocycles. The maximum absolute atomic E-state index is 13.9. The number of hydrogen-bond acceptors (Lipinski definition) is 6. The molecule has 2 aliphatic rings. The van der Waals surface area contributed by atoms with Crippen molar-refractivity contribution < 1.29 is 14.7 Å². The van der Waals surface area contributed by atoms with E-state index in [9.17, 15) is 14.7 Å². The van der Waals surface area contributed by atoms with E-state index in [1.54, 1.807) is 4.68 Å². The molecular formula is C28H42N6O3. The third-order valence-corrected chi connectivity index (χ3v) is 7.57. The Bertz CT molecular complexity index is 1090. The summed E-state index contributed by atoms with van der Waals surface area (Å²) >= 11 is 0. The molecule has 2 aromatic rings. The average molecular weight is 511 g/mol. The van der Waals surface area contributed by atoms with Crippen molar-refractivity contribution >= 4 is 11.8 Å². The predicted molar refractivity (Wildman–Crippen MR) is 142 cm³/mol. The van der Waals surface area contributed by atoms with Gasteiger partial charge in [-0.1, -0.05) is 57.2 Å². The highest BCUT2D eigenvalue weighted by Crippen LogP contribution is 2.40. The van der Waals surface area contributed by atoms with Crippen LogP contribution in [-0.4, -0.2) is 81.0 Å². The maximum Gasteiger partial charge on any atom is 0.248 e. The van der Waals surface area contributed by atoms with Crippen LogP contribution in [0.3, 0.4) is 0 Å². The summed E-state index contributed by atoms with van der Waals surface area (Å²) < 4.78 is 1.65. The third-order valence-electron chi connectivity index (χ3n) is 7.57. The Morgan fingerprint density at radius 3 is 2.43 bits per heavy atom. The van der Waals surface area contributed by atoms with Crippen molar-refractivity contribution in [2.24, 2.45) is 5.41 Å². The second-order valence-corrected chi connectivity index (χ2v) is 11.9. The van der Waals surface area contributed by atoms with E-state index in [0.717, 1.165) is 30.5 Å². The fourth-order valence-corrected chi connectivity index (χ4v) is 5.22. The van der Waals surface area contributed by atoms with Gasteiger partial charge in [0.25, 0.3) is 0 Å². The second kappa shape index (κ2) is 10.9. The zero-order valence-electron chi connectivity index (χ0n) is 23.0. The zero-order chi connectivity index (χ0) is 26.9. The molecule has 4 atom stereocenters. The lowest BCUT2D eigenvalue weighted by Crippen LogP contribution is -2.51. The Kier molecular flexibility index (Phi) is 8.04. The van der Waals surface area contributed by atoms with E-state index in [0.29, 0.717) is 12.5 Å². The topological polar surface area (TPSA) is 104 Å². The predicted octanol–water partition coefficient (Wildman–Crippen LogP) is 2.69. The molecule has 1 unspecified atom stereocenters. The zero-order valence-corrected chi connectivity index (χ0v) is 23.0. The summed E-state index contributed by atoms with van der Waals surface area (Å²) in [4.78, 5) is 30.9. The van der Waals surface area contributed by atoms with Crippen molar-refractivity contribution in [2.75, 3.05) is 27.2 Å². The van der Waals surface area contributed by atoms with Gasteiger partial charge in [0, 0.05) is 31.6 Å². The monoisotopic (exact) mass is 510 g/mol. The van der Waals surface area contributed by atoms with E-state index in [2.05, 4.69) is 51.7 Å². The third kappa shape index (κ3) is 6.21. The summed E-state index contributed by atoms with van der Waals surface area (Å²) in [6.07, 6.45) is 4.53. The Labute approximate surface area is 220 Å². The van der Waals surface area contributed by atoms with Crippen LogP contribution in [0.15, 0.2) is 30.5 Å². The van der Waals surface area contributed by atoms with Crippen molar-refractivity contribution in [2.45, 2.75) is 83.5 Å². The molecule has 9 heteroatoms. The fourth-order valence-electron chi connectivity index (χ4n) is 5.22. The van der Waals surface area contributed by atoms with Crippen molar-refractivity contribution in [3.05, 3.63) is 47.3 Å². The minimum Gasteiger partial charge on any atom is -0.391 e. The number of aryl methyl sites for hydroxylation is 1. The van der Waals surface area contributed by atoms with Crippen LogP contribution < -0.4 is 5.32 Å². The first kappa shape index (κ1) is 27.3. The van der Waals surface area contributed by atoms with Gasteiger partial charge in [0.2, 0.25) is 11.8 Å². The van der Waals surface area contributed by atoms with Crippen molar-refractivity contribution in [1.82, 2.24) is 30.1 Å². The smallest absolute Gasteiger partial charge is 0.248 e. The Balaban J connectivity index is 1.49. The number of rotatable bonds is 9. The van der Waals surface area contributed by atoms with E-state index in [1.807, 2.05) is 41.1 Å². The quantitative estimate of drug-likeness (QED) is 0.538. The van der Waals surface area contributed by atoms with Crippen LogP contribution in [-0.2, 0) is 16.0 Å². The van der Waals surface area contributed by atoms with Gasteiger partial charge >= 0.3 is 0 Å². The molecule has 1 aromatic heterocycles. The molecule has 1 aliphatic heterocycles. The summed E-state index contributed by atoms with van der Waals surface area (Å²) in [7, 11) is 3.98. The lowest BCUT2D eigenvalue weighted by atomic mass is 9.85. The molecule has 0 radical (unpaired) electrons. The van der Waals surface area contributed by atoms with Crippen molar-refractivity contribution in [3.8, 4) is 0 Å². The molecule has 1 saturated carbocycles. The minimum absolute atomic E-state index is 0.0105. The van der Waals surface area contributed by atoms with E-state index in [-0.39, 0.29) is 30.8 Å². The first-order chi connectivity index (χ1) is 17.5. The number of aliphatic hydroxyl groups is 1. The van der Waals surface area contributed by atoms with E-state index in [4.69, 9.17) is 0 Å². The molecule has 2 amide bonds. The first-order valence-electron chi connectivity index (χ1n) is 13.4. The summed E-state index contributed by atoms with van der Waals surface area (Å²) in [5.74, 6) is -0.0259. The van der Waals surface area contributed by atoms with E-state index >= 15 is 0 Å². The highest BCUT2D eigenvalue weighted by atomic mass is 16.3. The summed E-state index contributed by atoms with van der Waals surface area (Å²) in [5.41, 5.74) is 2.84. The number of carbonyl (C=O) groups excluding carboxylic acids is 2. The van der Waals surface area contributed by atoms with Gasteiger partial charge in [-0.15, -0.1) is 5.10 Å². The summed E-state index contributed by atoms with van der Waals surface area (Å²) in [5, 5.41) is 22.2. The van der Waals surface area contributed by atoms with Crippen LogP contribution >= 0.6 is 0 Å². The Morgan fingerprint density at radius 2 is 1.86 bits per heavy atom. The molecule has 2 fully saturated rings. The van der Waals surface area contributed by atoms with Crippen LogP contribution in [0.5, 0.6) is 0 Å². The van der Waals surface area contributed by atoms with Crippen LogP contribution in [0, 0.1) is 5.41 Å². The van der Waals surface area contributed by atoms with Crippen molar-refractivity contribution in [3.63, 3.8) is 0 Å². The SMILES string of the molecule is CCc1ccc(C(CNC(=O)[C@@H]2C[C@@H](O)CN2C(=O)[C@@H](n2cc(C3CC3)nn2)C(C)(C)C)N(C)C)cc1. The van der Waals surface area contributed by atoms with E-state index in [1.165, 1.54) is 10.5 Å². The number of nitrogens with one attached hydrogen (secondary N) is 1. The molecule has 0 bridgehead atoms. The van der Waals surface area contributed by atoms with Crippen LogP contribution in [0.2, 0.25) is 0 Å². The first-order valence-corrected chi connectivity index (χ1v) is 13.4. The normalized spacial score (nSPS) is 21.8. The minimum atomic E-state index is -0.746. The van der Waals surface area contributed by atoms with Crippen molar-refractivity contribution in [1.29, 1.82) is 0 Å². The van der Waals surface area contributed by atoms with Gasteiger partial charge < -0.3 is 20.2 Å². The van der Waals surface area contributed by atoms with Gasteiger partial charge in [-0.2, -0.15) is 0 Å². The number of amides is 2. The second-order valence-electron chi connectivity index (χ2n) is 11.9. The van der Waals surface area contributed by atoms with Gasteiger partial charge in [-0.25, -0.2) is 4.68 Å². The molecule has 1 saturated heterocycles. The number of aromatic nitrogens is 3. The number of likely N-dealkylation sites (N-methyl/N-ethyl adjacent to an activating group) is 1. The number of hydrogen-bond donors (Lipinski definition) is 2. The molecule has 9 nitrogen and oxygen atoms in total. The van der Waals surface area contributed by atoms with Gasteiger partial charge in [0.1, 0.15) is 12.1 Å². The van der Waals surface area contributed by atoms with Gasteiger partial charge in [0.15, 0.2) is 0 Å². The summed E-state index contributed by atoms with van der Waals surface area (Å²) in [6.45, 7) is 8.62. The largest absolute Gasteiger partial charge is 0.391 e. The van der Waals surface area contributed by atoms with Crippen LogP contribution in [0.25, 0.3) is 0 Å². The molecule has 37 heavy (non-hydrogen) atoms. The summed E-state index contributed by atoms with van der Waals surface area (Å²) in [6, 6.07) is 7.08. The number of likely N-dealkylation sites (tertiary alicyclic amines) is 1. The molecule has 1 aromatic carbocycles. The number of nitrogens with zero attached hydrogens (tertiary/aromatic N) is 5. The number of aliphatic hydroxyl groups excluding tert-OH is 1. The highest BCUT2D eigenvalue weighted by molar-refractivity contribution is 5.90. The molecule has 4 rings (SSSR count). The molecular weight excluding hydrogens is 468 g/mol. The lowest BCUT2D eigenvalue weighted by Gasteiger charge is -2.35. The Hall–Kier alpha value is -2.78. The molecule has 2 heterocycles. The number of benzene rings is 1. The standard InChI is InChI=1S/C28H42N6O3/c1-7-18-8-10-20(11-9-18)24(32(5)6)15-29-26(36)23-14-21(35)16-33(23)27(37)25(28(2,3)4)34-17-22(30-31-34)19-12-13-19/h8-11,17,19,21,23-25,35H,7,12-16H2,1-6H3,(H,29,36)/t21-,23+,24?,25-/m1/s1. The van der Waals surface area contributed by atoms with E-state index < -0.39 is 23.6 Å². The van der Waals surface area contributed by atoms with Crippen LogP contribution in [0.1, 0.15) is 81.8 Å². The van der Waals surface area contributed by atoms with Gasteiger partial charge in [0.05, 0.1) is 17.8 Å². The van der Waals surface area contributed by atoms with Gasteiger partial charge in [-0.05, 0) is 49.9 Å². The van der Waals surface area contributed by atoms with Gasteiger partial charge in [-0.3, -0.25) is 9.59 Å². The number of β-amino-alcohol motifs (C(OH)–C–C–N with tert-alkyl or cyclic N) is 1. The lowest BCUT2D eigenvalue weighted by molar-refractivity contribution is -0.144. The maximum atomic E-state index is 13.9. The molecule has 2 N–H and O–H groups in total. The average Bonchev–Trinajstić information content (AvgIpc) is 3.45. The Morgan fingerprint density at radius 1 is 1.19 bits per heavy atom. The number of carbonyl (C=O) groups is 2. The molecule has 202 valence electrons.